The first-order chi connectivity index (χ1) is 4.74. The van der Waals surface area contributed by atoms with E-state index in [-0.39, 0.29) is 12.4 Å². The molecule has 11 heavy (non-hydrogen) atoms. The summed E-state index contributed by atoms with van der Waals surface area (Å²) in [7, 11) is 0. The standard InChI is InChI=1S/C7H6ClN2.ClH/c1-5-2-3-6(8)4-7(5)10-9;/h2-4H,1H3;1H/q+1;. The van der Waals surface area contributed by atoms with Crippen LogP contribution in [-0.2, 0) is 0 Å². The second-order valence-corrected chi connectivity index (χ2v) is 2.47. The lowest BCUT2D eigenvalue weighted by Crippen LogP contribution is -1.70. The average Bonchev–Trinajstić information content (AvgIpc) is 1.94. The highest BCUT2D eigenvalue weighted by Gasteiger charge is 2.08. The molecule has 0 radical (unpaired) electrons. The highest BCUT2D eigenvalue weighted by atomic mass is 35.5. The zero-order valence-electron chi connectivity index (χ0n) is 5.91. The Bertz CT molecular complexity index is 291. The molecule has 0 spiro atoms. The molecule has 1 aromatic rings. The summed E-state index contributed by atoms with van der Waals surface area (Å²) in [5.41, 5.74) is 1.43. The average molecular weight is 190 g/mol. The summed E-state index contributed by atoms with van der Waals surface area (Å²) in [6.45, 7) is 1.85. The molecule has 0 saturated heterocycles. The molecule has 1 rings (SSSR count). The van der Waals surface area contributed by atoms with Crippen LogP contribution in [0.3, 0.4) is 0 Å². The highest BCUT2D eigenvalue weighted by molar-refractivity contribution is 6.30. The summed E-state index contributed by atoms with van der Waals surface area (Å²) in [6.07, 6.45) is 0. The molecule has 0 saturated carbocycles. The summed E-state index contributed by atoms with van der Waals surface area (Å²) in [6, 6.07) is 5.17. The van der Waals surface area contributed by atoms with E-state index < -0.39 is 0 Å². The van der Waals surface area contributed by atoms with Gasteiger partial charge in [0.1, 0.15) is 0 Å². The molecular formula is C7H7Cl2N2+. The maximum absolute atomic E-state index is 8.41. The van der Waals surface area contributed by atoms with Gasteiger partial charge >= 0.3 is 5.69 Å². The third-order valence-electron chi connectivity index (χ3n) is 1.28. The SMILES string of the molecule is Cc1ccc(Cl)cc1[N+]#N.Cl. The number of nitrogens with zero attached hydrogens (tertiary/aromatic N) is 2. The van der Waals surface area contributed by atoms with Crippen molar-refractivity contribution in [2.75, 3.05) is 0 Å². The quantitative estimate of drug-likeness (QED) is 0.574. The lowest BCUT2D eigenvalue weighted by Gasteiger charge is -1.85. The van der Waals surface area contributed by atoms with Crippen molar-refractivity contribution in [1.82, 2.24) is 0 Å². The van der Waals surface area contributed by atoms with Crippen molar-refractivity contribution in [3.63, 3.8) is 0 Å². The first-order valence-corrected chi connectivity index (χ1v) is 3.23. The molecule has 1 aromatic carbocycles. The number of aryl methyl sites for hydroxylation is 1. The number of hydrogen-bond donors (Lipinski definition) is 0. The molecule has 0 aliphatic rings. The summed E-state index contributed by atoms with van der Waals surface area (Å²) in [4.78, 5) is 3.05. The molecule has 4 heteroatoms. The minimum absolute atomic E-state index is 0. The van der Waals surface area contributed by atoms with Crippen LogP contribution >= 0.6 is 24.0 Å². The zero-order valence-corrected chi connectivity index (χ0v) is 7.49. The minimum Gasteiger partial charge on any atom is -0.147 e. The van der Waals surface area contributed by atoms with Crippen molar-refractivity contribution in [1.29, 1.82) is 5.39 Å². The Kier molecular flexibility index (Phi) is 3.88. The van der Waals surface area contributed by atoms with E-state index in [0.29, 0.717) is 10.7 Å². The van der Waals surface area contributed by atoms with Crippen LogP contribution in [0.5, 0.6) is 0 Å². The van der Waals surface area contributed by atoms with Crippen LogP contribution < -0.4 is 0 Å². The molecule has 0 bridgehead atoms. The number of halogens is 2. The van der Waals surface area contributed by atoms with Crippen LogP contribution in [-0.4, -0.2) is 0 Å². The van der Waals surface area contributed by atoms with Gasteiger partial charge in [-0.25, -0.2) is 0 Å². The molecular weight excluding hydrogens is 183 g/mol. The van der Waals surface area contributed by atoms with Gasteiger partial charge < -0.3 is 0 Å². The van der Waals surface area contributed by atoms with E-state index in [1.807, 2.05) is 6.92 Å². The van der Waals surface area contributed by atoms with Gasteiger partial charge in [-0.2, -0.15) is 0 Å². The fourth-order valence-electron chi connectivity index (χ4n) is 0.690. The fraction of sp³-hybridized carbons (Fsp3) is 0.143. The van der Waals surface area contributed by atoms with Crippen molar-refractivity contribution in [2.45, 2.75) is 6.92 Å². The van der Waals surface area contributed by atoms with E-state index in [9.17, 15) is 0 Å². The number of diazo groups is 1. The Balaban J connectivity index is 0.000001000. The molecule has 0 aromatic heterocycles. The van der Waals surface area contributed by atoms with Crippen LogP contribution in [0.25, 0.3) is 4.98 Å². The summed E-state index contributed by atoms with van der Waals surface area (Å²) >= 11 is 5.62. The van der Waals surface area contributed by atoms with Gasteiger partial charge in [-0.05, 0) is 19.1 Å². The van der Waals surface area contributed by atoms with Crippen molar-refractivity contribution in [3.05, 3.63) is 33.8 Å². The normalized spacial score (nSPS) is 8.09. The molecule has 0 heterocycles. The largest absolute Gasteiger partial charge is 0.389 e. The molecule has 0 aliphatic heterocycles. The molecule has 0 unspecified atom stereocenters. The fourth-order valence-corrected chi connectivity index (χ4v) is 0.857. The van der Waals surface area contributed by atoms with E-state index in [0.717, 1.165) is 5.56 Å². The molecule has 0 aliphatic carbocycles. The first kappa shape index (κ1) is 10.2. The van der Waals surface area contributed by atoms with Crippen LogP contribution in [0.15, 0.2) is 18.2 Å². The van der Waals surface area contributed by atoms with Crippen LogP contribution in [0.2, 0.25) is 5.02 Å². The molecule has 0 atom stereocenters. The minimum atomic E-state index is 0. The van der Waals surface area contributed by atoms with Crippen molar-refractivity contribution in [2.24, 2.45) is 0 Å². The second kappa shape index (κ2) is 4.17. The molecule has 2 nitrogen and oxygen atoms in total. The third kappa shape index (κ3) is 2.38. The van der Waals surface area contributed by atoms with Gasteiger partial charge in [-0.1, -0.05) is 11.6 Å². The van der Waals surface area contributed by atoms with E-state index in [4.69, 9.17) is 17.0 Å². The van der Waals surface area contributed by atoms with E-state index >= 15 is 0 Å². The third-order valence-corrected chi connectivity index (χ3v) is 1.51. The number of hydrogen-bond acceptors (Lipinski definition) is 1. The topological polar surface area (TPSA) is 28.1 Å². The second-order valence-electron chi connectivity index (χ2n) is 2.03. The van der Waals surface area contributed by atoms with E-state index in [1.165, 1.54) is 0 Å². The highest BCUT2D eigenvalue weighted by Crippen LogP contribution is 2.22. The van der Waals surface area contributed by atoms with Crippen LogP contribution in [0.4, 0.5) is 5.69 Å². The monoisotopic (exact) mass is 189 g/mol. The maximum Gasteiger partial charge on any atom is 0.389 e. The van der Waals surface area contributed by atoms with E-state index in [1.54, 1.807) is 18.2 Å². The first-order valence-electron chi connectivity index (χ1n) is 2.85. The van der Waals surface area contributed by atoms with Gasteiger partial charge in [0.2, 0.25) is 5.39 Å². The predicted octanol–water partition coefficient (Wildman–Crippen LogP) is 3.55. The van der Waals surface area contributed by atoms with Crippen LogP contribution in [0.1, 0.15) is 5.56 Å². The predicted molar refractivity (Wildman–Crippen MR) is 48.2 cm³/mol. The van der Waals surface area contributed by atoms with Gasteiger partial charge in [-0.3, -0.25) is 0 Å². The summed E-state index contributed by atoms with van der Waals surface area (Å²) < 4.78 is 0. The van der Waals surface area contributed by atoms with Gasteiger partial charge in [0, 0.05) is 10.6 Å². The smallest absolute Gasteiger partial charge is 0.147 e. The lowest BCUT2D eigenvalue weighted by atomic mass is 10.2. The zero-order chi connectivity index (χ0) is 7.56. The Morgan fingerprint density at radius 2 is 2.09 bits per heavy atom. The molecule has 0 N–H and O–H groups in total. The summed E-state index contributed by atoms with van der Waals surface area (Å²) in [5, 5.41) is 8.99. The Hall–Kier alpha value is -0.780. The number of rotatable bonds is 0. The molecule has 58 valence electrons. The Morgan fingerprint density at radius 1 is 1.45 bits per heavy atom. The van der Waals surface area contributed by atoms with Gasteiger partial charge in [0.15, 0.2) is 4.98 Å². The Labute approximate surface area is 76.2 Å². The number of benzene rings is 1. The maximum atomic E-state index is 8.41. The van der Waals surface area contributed by atoms with E-state index in [2.05, 4.69) is 4.98 Å². The van der Waals surface area contributed by atoms with Crippen LogP contribution in [0, 0.1) is 12.3 Å². The molecule has 0 amide bonds. The van der Waals surface area contributed by atoms with Gasteiger partial charge in [0.05, 0.1) is 6.07 Å². The molecule has 0 fully saturated rings. The van der Waals surface area contributed by atoms with Gasteiger partial charge in [0.25, 0.3) is 0 Å². The summed E-state index contributed by atoms with van der Waals surface area (Å²) in [5.74, 6) is 0. The van der Waals surface area contributed by atoms with Crippen molar-refractivity contribution in [3.8, 4) is 0 Å². The lowest BCUT2D eigenvalue weighted by molar-refractivity contribution is 1.41. The van der Waals surface area contributed by atoms with Gasteiger partial charge in [-0.15, -0.1) is 12.4 Å². The van der Waals surface area contributed by atoms with Crippen molar-refractivity contribution >= 4 is 29.7 Å². The van der Waals surface area contributed by atoms with Crippen molar-refractivity contribution < 1.29 is 0 Å². The Morgan fingerprint density at radius 3 is 2.55 bits per heavy atom.